The van der Waals surface area contributed by atoms with Crippen LogP contribution in [0.15, 0.2) is 85.1 Å². The summed E-state index contributed by atoms with van der Waals surface area (Å²) in [5.41, 5.74) is 5.38. The van der Waals surface area contributed by atoms with Gasteiger partial charge in [0.05, 0.1) is 13.2 Å². The average molecular weight is 1040 g/mol. The van der Waals surface area contributed by atoms with Crippen molar-refractivity contribution in [3.05, 3.63) is 85.1 Å². The van der Waals surface area contributed by atoms with Crippen molar-refractivity contribution in [3.8, 4) is 0 Å². The number of unbranched alkanes of at least 4 members (excludes halogenated alkanes) is 29. The van der Waals surface area contributed by atoms with Crippen molar-refractivity contribution in [2.24, 2.45) is 5.73 Å². The molecule has 0 aliphatic rings. The highest BCUT2D eigenvalue weighted by molar-refractivity contribution is 7.47. The molecule has 73 heavy (non-hydrogen) atoms. The van der Waals surface area contributed by atoms with Crippen LogP contribution in [0.4, 0.5) is 0 Å². The second-order valence-corrected chi connectivity index (χ2v) is 21.3. The lowest BCUT2D eigenvalue weighted by atomic mass is 10.0. The Morgan fingerprint density at radius 1 is 0.425 bits per heavy atom. The predicted octanol–water partition coefficient (Wildman–Crippen LogP) is 19.1. The van der Waals surface area contributed by atoms with Gasteiger partial charge >= 0.3 is 19.8 Å². The van der Waals surface area contributed by atoms with E-state index in [9.17, 15) is 19.0 Å². The van der Waals surface area contributed by atoms with Crippen LogP contribution in [0, 0.1) is 0 Å². The van der Waals surface area contributed by atoms with Crippen LogP contribution in [0.3, 0.4) is 0 Å². The summed E-state index contributed by atoms with van der Waals surface area (Å²) in [5, 5.41) is 0. The maximum atomic E-state index is 12.7. The Hall–Kier alpha value is -2.81. The lowest BCUT2D eigenvalue weighted by Crippen LogP contribution is -2.29. The first kappa shape index (κ1) is 70.2. The van der Waals surface area contributed by atoms with Crippen molar-refractivity contribution in [2.45, 2.75) is 277 Å². The fraction of sp³-hybridized carbons (Fsp3) is 0.746. The van der Waals surface area contributed by atoms with Crippen LogP contribution < -0.4 is 5.73 Å². The summed E-state index contributed by atoms with van der Waals surface area (Å²) in [6, 6.07) is 0. The van der Waals surface area contributed by atoms with Gasteiger partial charge in [0.2, 0.25) is 0 Å². The van der Waals surface area contributed by atoms with Gasteiger partial charge in [-0.25, -0.2) is 4.57 Å². The molecule has 0 radical (unpaired) electrons. The minimum atomic E-state index is -4.40. The zero-order valence-corrected chi connectivity index (χ0v) is 48.0. The van der Waals surface area contributed by atoms with Crippen LogP contribution in [0.1, 0.15) is 271 Å². The summed E-state index contributed by atoms with van der Waals surface area (Å²) in [7, 11) is -4.40. The molecule has 0 aromatic rings. The van der Waals surface area contributed by atoms with Gasteiger partial charge in [-0.15, -0.1) is 0 Å². The van der Waals surface area contributed by atoms with E-state index in [1.807, 2.05) is 0 Å². The number of phosphoric ester groups is 1. The third-order valence-corrected chi connectivity index (χ3v) is 13.8. The molecule has 0 rings (SSSR count). The minimum absolute atomic E-state index is 0.0470. The Morgan fingerprint density at radius 2 is 0.753 bits per heavy atom. The van der Waals surface area contributed by atoms with Crippen molar-refractivity contribution in [1.29, 1.82) is 0 Å². The molecular weight excluding hydrogens is 930 g/mol. The van der Waals surface area contributed by atoms with E-state index in [1.165, 1.54) is 141 Å². The van der Waals surface area contributed by atoms with E-state index in [1.54, 1.807) is 0 Å². The van der Waals surface area contributed by atoms with Crippen molar-refractivity contribution >= 4 is 19.8 Å². The van der Waals surface area contributed by atoms with E-state index in [0.29, 0.717) is 6.42 Å². The van der Waals surface area contributed by atoms with Crippen LogP contribution in [-0.4, -0.2) is 49.3 Å². The first-order chi connectivity index (χ1) is 35.8. The molecule has 0 amide bonds. The number of esters is 2. The number of hydrogen-bond donors (Lipinski definition) is 2. The molecule has 0 bridgehead atoms. The Bertz CT molecular complexity index is 1470. The van der Waals surface area contributed by atoms with Gasteiger partial charge < -0.3 is 20.1 Å². The molecule has 0 aromatic heterocycles. The van der Waals surface area contributed by atoms with Gasteiger partial charge in [0.1, 0.15) is 6.61 Å². The maximum Gasteiger partial charge on any atom is 0.472 e. The zero-order chi connectivity index (χ0) is 53.1. The molecule has 3 N–H and O–H groups in total. The predicted molar refractivity (Wildman–Crippen MR) is 312 cm³/mol. The van der Waals surface area contributed by atoms with Gasteiger partial charge in [-0.3, -0.25) is 18.6 Å². The standard InChI is InChI=1S/C63H112NO8P/c1-3-5-7-9-11-13-15-17-19-21-23-25-27-29-30-32-34-36-38-40-42-44-46-48-50-52-54-56-63(66)72-61(60-71-73(67,68)70-58-57-64)59-69-62(65)55-53-51-49-47-45-43-41-39-37-35-33-31-28-26-24-22-20-18-16-14-12-10-8-6-4-2/h5,7,11,13,17,19,23,25,29-30,34,36,40,42,61H,3-4,6,8-10,12,14-16,18,20-22,24,26-28,31-33,35,37-39,41,43-60,64H2,1-2H3,(H,67,68)/b7-5-,13-11-,19-17-,25-23-,30-29-,36-34-,42-40-. The van der Waals surface area contributed by atoms with E-state index in [0.717, 1.165) is 96.3 Å². The van der Waals surface area contributed by atoms with Crippen molar-refractivity contribution in [3.63, 3.8) is 0 Å². The van der Waals surface area contributed by atoms with Gasteiger partial charge in [0.15, 0.2) is 6.10 Å². The molecule has 0 saturated carbocycles. The first-order valence-corrected chi connectivity index (χ1v) is 31.6. The number of ether oxygens (including phenoxy) is 2. The van der Waals surface area contributed by atoms with Crippen LogP contribution in [0.25, 0.3) is 0 Å². The minimum Gasteiger partial charge on any atom is -0.462 e. The highest BCUT2D eigenvalue weighted by Gasteiger charge is 2.26. The lowest BCUT2D eigenvalue weighted by molar-refractivity contribution is -0.161. The van der Waals surface area contributed by atoms with Gasteiger partial charge in [-0.2, -0.15) is 0 Å². The Morgan fingerprint density at radius 3 is 1.12 bits per heavy atom. The molecule has 0 aromatic carbocycles. The van der Waals surface area contributed by atoms with Crippen LogP contribution in [0.2, 0.25) is 0 Å². The number of hydrogen-bond acceptors (Lipinski definition) is 8. The van der Waals surface area contributed by atoms with E-state index >= 15 is 0 Å². The second-order valence-electron chi connectivity index (χ2n) is 19.8. The Kier molecular flexibility index (Phi) is 56.2. The van der Waals surface area contributed by atoms with E-state index in [4.69, 9.17) is 24.3 Å². The summed E-state index contributed by atoms with van der Waals surface area (Å²) >= 11 is 0. The smallest absolute Gasteiger partial charge is 0.462 e. The highest BCUT2D eigenvalue weighted by Crippen LogP contribution is 2.43. The number of nitrogens with two attached hydrogens (primary N) is 1. The largest absolute Gasteiger partial charge is 0.472 e. The van der Waals surface area contributed by atoms with Crippen LogP contribution in [0.5, 0.6) is 0 Å². The molecular formula is C63H112NO8P. The second kappa shape index (κ2) is 58.5. The molecule has 0 fully saturated rings. The Labute approximate surface area is 449 Å². The van der Waals surface area contributed by atoms with Gasteiger partial charge in [0, 0.05) is 19.4 Å². The van der Waals surface area contributed by atoms with Crippen molar-refractivity contribution in [2.75, 3.05) is 26.4 Å². The third-order valence-electron chi connectivity index (χ3n) is 12.8. The summed E-state index contributed by atoms with van der Waals surface area (Å²) in [4.78, 5) is 35.2. The number of carbonyl (C=O) groups is 2. The van der Waals surface area contributed by atoms with Crippen LogP contribution >= 0.6 is 7.82 Å². The quantitative estimate of drug-likeness (QED) is 0.0264. The summed E-state index contributed by atoms with van der Waals surface area (Å²) < 4.78 is 33.1. The molecule has 0 saturated heterocycles. The summed E-state index contributed by atoms with van der Waals surface area (Å²) in [6.45, 7) is 3.63. The zero-order valence-electron chi connectivity index (χ0n) is 47.1. The number of carbonyl (C=O) groups excluding carboxylic acids is 2. The molecule has 2 unspecified atom stereocenters. The van der Waals surface area contributed by atoms with E-state index < -0.39 is 26.5 Å². The van der Waals surface area contributed by atoms with Gasteiger partial charge in [-0.05, 0) is 70.6 Å². The summed E-state index contributed by atoms with van der Waals surface area (Å²) in [6.07, 6.45) is 76.4. The van der Waals surface area contributed by atoms with Crippen molar-refractivity contribution < 1.29 is 37.6 Å². The number of allylic oxidation sites excluding steroid dienone is 14. The average Bonchev–Trinajstić information content (AvgIpc) is 3.38. The molecule has 9 nitrogen and oxygen atoms in total. The van der Waals surface area contributed by atoms with E-state index in [-0.39, 0.29) is 38.6 Å². The molecule has 422 valence electrons. The fourth-order valence-corrected chi connectivity index (χ4v) is 9.15. The SMILES string of the molecule is CC/C=C\C/C=C\C/C=C\C/C=C\C/C=C\C/C=C\C/C=C\CCCCCCCC(=O)OC(COC(=O)CCCCCCCCCCCCCCCCCCCCCCCCCCC)COP(=O)(O)OCCN. The first-order valence-electron chi connectivity index (χ1n) is 30.1. The molecule has 10 heteroatoms. The molecule has 0 spiro atoms. The monoisotopic (exact) mass is 1040 g/mol. The lowest BCUT2D eigenvalue weighted by Gasteiger charge is -2.19. The normalized spacial score (nSPS) is 13.6. The third kappa shape index (κ3) is 58.3. The highest BCUT2D eigenvalue weighted by atomic mass is 31.2. The fourth-order valence-electron chi connectivity index (χ4n) is 8.38. The number of phosphoric acid groups is 1. The Balaban J connectivity index is 4.01. The van der Waals surface area contributed by atoms with E-state index in [2.05, 4.69) is 98.9 Å². The van der Waals surface area contributed by atoms with Crippen molar-refractivity contribution in [1.82, 2.24) is 0 Å². The molecule has 0 heterocycles. The molecule has 0 aliphatic heterocycles. The van der Waals surface area contributed by atoms with Gasteiger partial charge in [0.25, 0.3) is 0 Å². The van der Waals surface area contributed by atoms with Crippen LogP contribution in [-0.2, 0) is 32.7 Å². The molecule has 2 atom stereocenters. The summed E-state index contributed by atoms with van der Waals surface area (Å²) in [5.74, 6) is -0.844. The molecule has 0 aliphatic carbocycles. The topological polar surface area (TPSA) is 134 Å². The van der Waals surface area contributed by atoms with Gasteiger partial charge in [-0.1, -0.05) is 272 Å². The maximum absolute atomic E-state index is 12.7. The number of rotatable bonds is 56.